The van der Waals surface area contributed by atoms with Gasteiger partial charge in [0.25, 0.3) is 0 Å². The molecule has 2 rings (SSSR count). The van der Waals surface area contributed by atoms with Crippen LogP contribution in [0.4, 0.5) is 0 Å². The Hall–Kier alpha value is -0.780. The first-order chi connectivity index (χ1) is 7.75. The van der Waals surface area contributed by atoms with Crippen LogP contribution >= 0.6 is 22.7 Å². The second-order valence-electron chi connectivity index (χ2n) is 3.65. The summed E-state index contributed by atoms with van der Waals surface area (Å²) >= 11 is 3.43. The highest BCUT2D eigenvalue weighted by molar-refractivity contribution is 7.09. The SMILES string of the molecule is Cc1nc(CCNCc2scnc2C)cs1. The van der Waals surface area contributed by atoms with Crippen molar-refractivity contribution in [1.82, 2.24) is 15.3 Å². The number of nitrogens with one attached hydrogen (secondary N) is 1. The van der Waals surface area contributed by atoms with Crippen molar-refractivity contribution in [1.29, 1.82) is 0 Å². The lowest BCUT2D eigenvalue weighted by Crippen LogP contribution is -2.16. The van der Waals surface area contributed by atoms with Gasteiger partial charge >= 0.3 is 0 Å². The lowest BCUT2D eigenvalue weighted by atomic mass is 10.3. The van der Waals surface area contributed by atoms with Gasteiger partial charge in [0.05, 0.1) is 21.9 Å². The molecule has 0 bridgehead atoms. The summed E-state index contributed by atoms with van der Waals surface area (Å²) in [6.07, 6.45) is 1.00. The molecule has 2 aromatic heterocycles. The van der Waals surface area contributed by atoms with E-state index in [1.807, 2.05) is 12.4 Å². The van der Waals surface area contributed by atoms with E-state index in [9.17, 15) is 0 Å². The fraction of sp³-hybridized carbons (Fsp3) is 0.455. The van der Waals surface area contributed by atoms with Crippen molar-refractivity contribution in [2.75, 3.05) is 6.54 Å². The Kier molecular flexibility index (Phi) is 4.04. The molecule has 2 aromatic rings. The Balaban J connectivity index is 1.71. The summed E-state index contributed by atoms with van der Waals surface area (Å²) < 4.78 is 0. The molecule has 0 saturated heterocycles. The first kappa shape index (κ1) is 11.7. The molecule has 0 aliphatic carbocycles. The maximum atomic E-state index is 4.43. The number of rotatable bonds is 5. The third-order valence-corrected chi connectivity index (χ3v) is 4.11. The molecule has 86 valence electrons. The second kappa shape index (κ2) is 5.52. The topological polar surface area (TPSA) is 37.8 Å². The monoisotopic (exact) mass is 253 g/mol. The standard InChI is InChI=1S/C11H15N3S2/c1-8-11(16-7-13-8)5-12-4-3-10-6-15-9(2)14-10/h6-7,12H,3-5H2,1-2H3. The number of thiazole rings is 2. The van der Waals surface area contributed by atoms with Crippen molar-refractivity contribution in [3.05, 3.63) is 32.2 Å². The molecule has 0 radical (unpaired) electrons. The summed E-state index contributed by atoms with van der Waals surface area (Å²) in [6, 6.07) is 0. The molecule has 0 saturated carbocycles. The molecule has 0 fully saturated rings. The highest BCUT2D eigenvalue weighted by atomic mass is 32.1. The summed E-state index contributed by atoms with van der Waals surface area (Å²) in [6.45, 7) is 5.99. The summed E-state index contributed by atoms with van der Waals surface area (Å²) in [5.41, 5.74) is 4.23. The maximum Gasteiger partial charge on any atom is 0.0897 e. The van der Waals surface area contributed by atoms with Crippen LogP contribution in [-0.2, 0) is 13.0 Å². The molecule has 16 heavy (non-hydrogen) atoms. The van der Waals surface area contributed by atoms with Gasteiger partial charge in [-0.25, -0.2) is 9.97 Å². The van der Waals surface area contributed by atoms with E-state index in [1.165, 1.54) is 10.6 Å². The van der Waals surface area contributed by atoms with E-state index in [1.54, 1.807) is 22.7 Å². The van der Waals surface area contributed by atoms with E-state index in [0.717, 1.165) is 30.2 Å². The zero-order chi connectivity index (χ0) is 11.4. The molecular weight excluding hydrogens is 238 g/mol. The third kappa shape index (κ3) is 3.10. The van der Waals surface area contributed by atoms with Crippen LogP contribution in [0, 0.1) is 13.8 Å². The second-order valence-corrected chi connectivity index (χ2v) is 5.65. The number of nitrogens with zero attached hydrogens (tertiary/aromatic N) is 2. The lowest BCUT2D eigenvalue weighted by molar-refractivity contribution is 0.684. The minimum atomic E-state index is 0.916. The van der Waals surface area contributed by atoms with Gasteiger partial charge in [0.2, 0.25) is 0 Å². The number of aryl methyl sites for hydroxylation is 2. The Labute approximate surface area is 104 Å². The molecular formula is C11H15N3S2. The lowest BCUT2D eigenvalue weighted by Gasteiger charge is -2.01. The van der Waals surface area contributed by atoms with Crippen LogP contribution < -0.4 is 5.32 Å². The van der Waals surface area contributed by atoms with Crippen molar-refractivity contribution < 1.29 is 0 Å². The Morgan fingerprint density at radius 2 is 2.19 bits per heavy atom. The zero-order valence-corrected chi connectivity index (χ0v) is 11.1. The van der Waals surface area contributed by atoms with Crippen molar-refractivity contribution in [3.63, 3.8) is 0 Å². The highest BCUT2D eigenvalue weighted by Crippen LogP contribution is 2.11. The van der Waals surface area contributed by atoms with Crippen LogP contribution in [0.3, 0.4) is 0 Å². The van der Waals surface area contributed by atoms with Gasteiger partial charge in [-0.1, -0.05) is 0 Å². The molecule has 3 nitrogen and oxygen atoms in total. The third-order valence-electron chi connectivity index (χ3n) is 2.35. The van der Waals surface area contributed by atoms with E-state index < -0.39 is 0 Å². The van der Waals surface area contributed by atoms with Gasteiger partial charge in [-0.2, -0.15) is 0 Å². The van der Waals surface area contributed by atoms with Gasteiger partial charge < -0.3 is 5.32 Å². The van der Waals surface area contributed by atoms with Crippen molar-refractivity contribution >= 4 is 22.7 Å². The van der Waals surface area contributed by atoms with E-state index in [4.69, 9.17) is 0 Å². The average Bonchev–Trinajstić information content (AvgIpc) is 2.83. The van der Waals surface area contributed by atoms with Crippen LogP contribution in [-0.4, -0.2) is 16.5 Å². The molecule has 2 heterocycles. The molecule has 0 aliphatic heterocycles. The predicted molar refractivity (Wildman–Crippen MR) is 69.1 cm³/mol. The van der Waals surface area contributed by atoms with Crippen molar-refractivity contribution in [2.45, 2.75) is 26.8 Å². The van der Waals surface area contributed by atoms with Gasteiger partial charge in [0, 0.05) is 29.8 Å². The molecule has 0 aliphatic rings. The van der Waals surface area contributed by atoms with Crippen LogP contribution in [0.1, 0.15) is 21.3 Å². The molecule has 1 N–H and O–H groups in total. The number of hydrogen-bond acceptors (Lipinski definition) is 5. The Morgan fingerprint density at radius 1 is 1.31 bits per heavy atom. The van der Waals surface area contributed by atoms with E-state index in [2.05, 4.69) is 27.6 Å². The fourth-order valence-corrected chi connectivity index (χ4v) is 2.83. The van der Waals surface area contributed by atoms with Crippen molar-refractivity contribution in [2.24, 2.45) is 0 Å². The van der Waals surface area contributed by atoms with E-state index in [0.29, 0.717) is 0 Å². The molecule has 0 spiro atoms. The first-order valence-electron chi connectivity index (χ1n) is 5.26. The molecule has 5 heteroatoms. The largest absolute Gasteiger partial charge is 0.311 e. The van der Waals surface area contributed by atoms with Gasteiger partial charge in [-0.05, 0) is 13.8 Å². The molecule has 0 aromatic carbocycles. The van der Waals surface area contributed by atoms with Crippen LogP contribution in [0.2, 0.25) is 0 Å². The van der Waals surface area contributed by atoms with Crippen LogP contribution in [0.15, 0.2) is 10.9 Å². The molecule has 0 unspecified atom stereocenters. The maximum absolute atomic E-state index is 4.43. The van der Waals surface area contributed by atoms with Gasteiger partial charge in [-0.15, -0.1) is 22.7 Å². The molecule has 0 amide bonds. The van der Waals surface area contributed by atoms with Crippen molar-refractivity contribution in [3.8, 4) is 0 Å². The minimum Gasteiger partial charge on any atom is -0.311 e. The van der Waals surface area contributed by atoms with E-state index in [-0.39, 0.29) is 0 Å². The Morgan fingerprint density at radius 3 is 2.81 bits per heavy atom. The van der Waals surface area contributed by atoms with Crippen LogP contribution in [0.25, 0.3) is 0 Å². The van der Waals surface area contributed by atoms with Gasteiger partial charge in [0.15, 0.2) is 0 Å². The zero-order valence-electron chi connectivity index (χ0n) is 9.49. The number of aromatic nitrogens is 2. The average molecular weight is 253 g/mol. The van der Waals surface area contributed by atoms with Gasteiger partial charge in [-0.3, -0.25) is 0 Å². The molecule has 0 atom stereocenters. The quantitative estimate of drug-likeness (QED) is 0.832. The minimum absolute atomic E-state index is 0.916. The summed E-state index contributed by atoms with van der Waals surface area (Å²) in [5.74, 6) is 0. The summed E-state index contributed by atoms with van der Waals surface area (Å²) in [4.78, 5) is 9.98. The van der Waals surface area contributed by atoms with Crippen LogP contribution in [0.5, 0.6) is 0 Å². The normalized spacial score (nSPS) is 10.9. The summed E-state index contributed by atoms with van der Waals surface area (Å²) in [7, 11) is 0. The smallest absolute Gasteiger partial charge is 0.0897 e. The van der Waals surface area contributed by atoms with Gasteiger partial charge in [0.1, 0.15) is 0 Å². The predicted octanol–water partition coefficient (Wildman–Crippen LogP) is 2.55. The fourth-order valence-electron chi connectivity index (χ4n) is 1.44. The Bertz CT molecular complexity index is 448. The first-order valence-corrected chi connectivity index (χ1v) is 7.02. The number of hydrogen-bond donors (Lipinski definition) is 1. The summed E-state index contributed by atoms with van der Waals surface area (Å²) in [5, 5.41) is 6.70. The van der Waals surface area contributed by atoms with E-state index >= 15 is 0 Å². The highest BCUT2D eigenvalue weighted by Gasteiger charge is 2.01.